The molecular formula is C20H29N5O2S. The van der Waals surface area contributed by atoms with E-state index in [9.17, 15) is 8.42 Å². The van der Waals surface area contributed by atoms with Crippen molar-refractivity contribution in [3.05, 3.63) is 30.1 Å². The molecule has 2 heterocycles. The number of anilines is 1. The van der Waals surface area contributed by atoms with E-state index < -0.39 is 14.8 Å². The first-order chi connectivity index (χ1) is 13.2. The Morgan fingerprint density at radius 3 is 2.54 bits per heavy atom. The minimum atomic E-state index is -3.31. The number of hydrogen-bond acceptors (Lipinski definition) is 5. The van der Waals surface area contributed by atoms with Crippen molar-refractivity contribution < 1.29 is 8.42 Å². The molecule has 0 aliphatic carbocycles. The van der Waals surface area contributed by atoms with Gasteiger partial charge in [-0.05, 0) is 39.7 Å². The predicted octanol–water partition coefficient (Wildman–Crippen LogP) is 3.23. The van der Waals surface area contributed by atoms with Gasteiger partial charge in [0.15, 0.2) is 5.82 Å². The molecule has 0 atom stereocenters. The lowest BCUT2D eigenvalue weighted by Crippen LogP contribution is -2.39. The Balaban J connectivity index is 1.81. The maximum absolute atomic E-state index is 12.2. The summed E-state index contributed by atoms with van der Waals surface area (Å²) < 4.78 is 28.4. The van der Waals surface area contributed by atoms with Crippen molar-refractivity contribution in [2.75, 3.05) is 12.3 Å². The fourth-order valence-corrected chi connectivity index (χ4v) is 4.08. The summed E-state index contributed by atoms with van der Waals surface area (Å²) in [5, 5.41) is 1.03. The zero-order valence-electron chi connectivity index (χ0n) is 17.0. The summed E-state index contributed by atoms with van der Waals surface area (Å²) in [6.07, 6.45) is 2.37. The van der Waals surface area contributed by atoms with E-state index in [0.717, 1.165) is 53.6 Å². The molecule has 0 saturated heterocycles. The minimum Gasteiger partial charge on any atom is -0.382 e. The van der Waals surface area contributed by atoms with Gasteiger partial charge in [-0.2, -0.15) is 0 Å². The molecule has 1 aromatic carbocycles. The van der Waals surface area contributed by atoms with Crippen LogP contribution >= 0.6 is 0 Å². The van der Waals surface area contributed by atoms with E-state index in [1.807, 2.05) is 24.3 Å². The minimum absolute atomic E-state index is 0.429. The van der Waals surface area contributed by atoms with Crippen LogP contribution in [0.2, 0.25) is 0 Å². The summed E-state index contributed by atoms with van der Waals surface area (Å²) >= 11 is 0. The van der Waals surface area contributed by atoms with Gasteiger partial charge in [0.2, 0.25) is 10.0 Å². The molecule has 3 N–H and O–H groups in total. The molecule has 7 nitrogen and oxygen atoms in total. The van der Waals surface area contributed by atoms with Crippen LogP contribution in [0.25, 0.3) is 21.9 Å². The first kappa shape index (κ1) is 20.5. The Morgan fingerprint density at radius 1 is 1.14 bits per heavy atom. The highest BCUT2D eigenvalue weighted by Gasteiger charge is 2.28. The Hall–Kier alpha value is -2.19. The van der Waals surface area contributed by atoms with Gasteiger partial charge >= 0.3 is 0 Å². The summed E-state index contributed by atoms with van der Waals surface area (Å²) in [6, 6.07) is 7.93. The number of rotatable bonds is 7. The molecule has 0 radical (unpaired) electrons. The van der Waals surface area contributed by atoms with Crippen LogP contribution in [-0.2, 0) is 23.0 Å². The first-order valence-corrected chi connectivity index (χ1v) is 11.2. The molecule has 0 amide bonds. The summed E-state index contributed by atoms with van der Waals surface area (Å²) in [6.45, 7) is 8.35. The van der Waals surface area contributed by atoms with E-state index in [1.165, 1.54) is 0 Å². The number of sulfonamides is 1. The van der Waals surface area contributed by atoms with E-state index in [4.69, 9.17) is 10.7 Å². The second-order valence-corrected chi connectivity index (χ2v) is 10.5. The average Bonchev–Trinajstić information content (AvgIpc) is 3.00. The third kappa shape index (κ3) is 3.84. The van der Waals surface area contributed by atoms with Crippen LogP contribution in [0.4, 0.5) is 5.82 Å². The zero-order valence-corrected chi connectivity index (χ0v) is 17.8. The number of pyridine rings is 1. The highest BCUT2D eigenvalue weighted by atomic mass is 32.2. The summed E-state index contributed by atoms with van der Waals surface area (Å²) in [4.78, 5) is 9.19. The highest BCUT2D eigenvalue weighted by molar-refractivity contribution is 7.90. The van der Waals surface area contributed by atoms with E-state index in [-0.39, 0.29) is 0 Å². The van der Waals surface area contributed by atoms with Gasteiger partial charge < -0.3 is 10.3 Å². The molecule has 0 bridgehead atoms. The van der Waals surface area contributed by atoms with Gasteiger partial charge in [-0.1, -0.05) is 25.1 Å². The highest BCUT2D eigenvalue weighted by Crippen LogP contribution is 2.29. The molecule has 0 fully saturated rings. The third-order valence-corrected chi connectivity index (χ3v) is 7.11. The van der Waals surface area contributed by atoms with Crippen molar-refractivity contribution in [2.45, 2.75) is 58.2 Å². The van der Waals surface area contributed by atoms with Gasteiger partial charge in [0.1, 0.15) is 11.3 Å². The number of unbranched alkanes of at least 4 members (excludes halogenated alkanes) is 1. The normalized spacial score (nSPS) is 12.9. The second-order valence-electron chi connectivity index (χ2n) is 7.96. The number of nitrogens with one attached hydrogen (secondary N) is 1. The number of aromatic nitrogens is 3. The molecule has 0 aliphatic rings. The molecule has 0 aliphatic heterocycles. The topological polar surface area (TPSA) is 103 Å². The van der Waals surface area contributed by atoms with Gasteiger partial charge in [-0.25, -0.2) is 23.1 Å². The summed E-state index contributed by atoms with van der Waals surface area (Å²) in [7, 11) is -3.31. The molecule has 2 aromatic heterocycles. The maximum atomic E-state index is 12.2. The molecule has 0 spiro atoms. The van der Waals surface area contributed by atoms with Gasteiger partial charge in [0.05, 0.1) is 15.8 Å². The zero-order chi connectivity index (χ0) is 20.5. The summed E-state index contributed by atoms with van der Waals surface area (Å²) in [5.74, 6) is 1.41. The molecule has 3 rings (SSSR count). The lowest BCUT2D eigenvalue weighted by molar-refractivity contribution is 0.536. The number of fused-ring (bicyclic) bond motifs is 3. The third-order valence-electron chi connectivity index (χ3n) is 4.91. The Kier molecular flexibility index (Phi) is 5.63. The molecular weight excluding hydrogens is 374 g/mol. The molecule has 0 unspecified atom stereocenters. The van der Waals surface area contributed by atoms with Crippen molar-refractivity contribution >= 4 is 37.8 Å². The van der Waals surface area contributed by atoms with E-state index in [2.05, 4.69) is 21.2 Å². The van der Waals surface area contributed by atoms with Crippen LogP contribution in [0.1, 0.15) is 46.4 Å². The maximum Gasteiger partial charge on any atom is 0.216 e. The van der Waals surface area contributed by atoms with Crippen LogP contribution in [0.15, 0.2) is 24.3 Å². The molecule has 0 saturated carbocycles. The number of nitrogens with zero attached hydrogens (tertiary/aromatic N) is 3. The average molecular weight is 404 g/mol. The van der Waals surface area contributed by atoms with Crippen LogP contribution in [0, 0.1) is 0 Å². The number of para-hydroxylation sites is 1. The van der Waals surface area contributed by atoms with Gasteiger partial charge in [0.25, 0.3) is 0 Å². The molecule has 28 heavy (non-hydrogen) atoms. The number of aryl methyl sites for hydroxylation is 2. The Bertz CT molecular complexity index is 1100. The number of imidazole rings is 1. The van der Waals surface area contributed by atoms with Gasteiger partial charge in [0, 0.05) is 24.9 Å². The van der Waals surface area contributed by atoms with Crippen molar-refractivity contribution in [2.24, 2.45) is 0 Å². The fourth-order valence-electron chi connectivity index (χ4n) is 3.23. The van der Waals surface area contributed by atoms with Crippen LogP contribution in [0.3, 0.4) is 0 Å². The summed E-state index contributed by atoms with van der Waals surface area (Å²) in [5.41, 5.74) is 8.77. The van der Waals surface area contributed by atoms with Crippen LogP contribution < -0.4 is 10.5 Å². The largest absolute Gasteiger partial charge is 0.382 e. The lowest BCUT2D eigenvalue weighted by Gasteiger charge is -2.19. The Labute approximate surface area is 166 Å². The molecule has 152 valence electrons. The standard InChI is InChI=1S/C20H29N5O2S/c1-5-16-24-17-18(14-10-6-7-11-15(14)23-19(17)21)25(16)13-9-8-12-22-28(26,27)20(2,3)4/h6-7,10-11,22H,5,8-9,12-13H2,1-4H3,(H2,21,23). The quantitative estimate of drug-likeness (QED) is 0.590. The van der Waals surface area contributed by atoms with Gasteiger partial charge in [-0.3, -0.25) is 0 Å². The second kappa shape index (κ2) is 7.67. The van der Waals surface area contributed by atoms with Gasteiger partial charge in [-0.15, -0.1) is 0 Å². The van der Waals surface area contributed by atoms with Crippen molar-refractivity contribution in [1.29, 1.82) is 0 Å². The smallest absolute Gasteiger partial charge is 0.216 e. The molecule has 3 aromatic rings. The molecule has 8 heteroatoms. The number of benzene rings is 1. The van der Waals surface area contributed by atoms with Crippen LogP contribution in [0.5, 0.6) is 0 Å². The number of nitrogens with two attached hydrogens (primary N) is 1. The van der Waals surface area contributed by atoms with Crippen molar-refractivity contribution in [3.8, 4) is 0 Å². The van der Waals surface area contributed by atoms with E-state index >= 15 is 0 Å². The Morgan fingerprint density at radius 2 is 1.86 bits per heavy atom. The van der Waals surface area contributed by atoms with Crippen LogP contribution in [-0.4, -0.2) is 34.2 Å². The predicted molar refractivity (Wildman–Crippen MR) is 115 cm³/mol. The fraction of sp³-hybridized carbons (Fsp3) is 0.500. The lowest BCUT2D eigenvalue weighted by atomic mass is 10.2. The monoisotopic (exact) mass is 403 g/mol. The van der Waals surface area contributed by atoms with Crippen molar-refractivity contribution in [1.82, 2.24) is 19.3 Å². The number of nitrogen functional groups attached to an aromatic ring is 1. The van der Waals surface area contributed by atoms with E-state index in [0.29, 0.717) is 12.4 Å². The van der Waals surface area contributed by atoms with Crippen molar-refractivity contribution in [3.63, 3.8) is 0 Å². The SMILES string of the molecule is CCc1nc2c(N)nc3ccccc3c2n1CCCCNS(=O)(=O)C(C)(C)C. The number of hydrogen-bond donors (Lipinski definition) is 2. The van der Waals surface area contributed by atoms with E-state index in [1.54, 1.807) is 20.8 Å². The first-order valence-electron chi connectivity index (χ1n) is 9.68.